The molecule has 2 rings (SSSR count). The molecule has 0 spiro atoms. The van der Waals surface area contributed by atoms with Crippen molar-refractivity contribution in [2.75, 3.05) is 43.2 Å². The van der Waals surface area contributed by atoms with E-state index < -0.39 is 0 Å². The van der Waals surface area contributed by atoms with E-state index in [1.807, 2.05) is 6.07 Å². The van der Waals surface area contributed by atoms with Crippen LogP contribution in [-0.4, -0.2) is 42.8 Å². The van der Waals surface area contributed by atoms with Crippen LogP contribution in [0.5, 0.6) is 0 Å². The maximum Gasteiger partial charge on any atom is 0.338 e. The summed E-state index contributed by atoms with van der Waals surface area (Å²) >= 11 is 0. The van der Waals surface area contributed by atoms with E-state index in [-0.39, 0.29) is 5.97 Å². The van der Waals surface area contributed by atoms with Gasteiger partial charge in [0.1, 0.15) is 12.0 Å². The summed E-state index contributed by atoms with van der Waals surface area (Å²) in [4.78, 5) is 20.0. The normalized spacial score (nSPS) is 10.2. The minimum Gasteiger partial charge on any atom is -0.462 e. The number of anilines is 4. The minimum atomic E-state index is -0.376. The van der Waals surface area contributed by atoms with Crippen molar-refractivity contribution < 1.29 is 14.3 Å². The second kappa shape index (κ2) is 8.68. The van der Waals surface area contributed by atoms with Crippen molar-refractivity contribution in [2.45, 2.75) is 6.92 Å². The fourth-order valence-corrected chi connectivity index (χ4v) is 1.98. The van der Waals surface area contributed by atoms with Crippen molar-refractivity contribution in [3.05, 3.63) is 36.2 Å². The highest BCUT2D eigenvalue weighted by atomic mass is 16.5. The lowest BCUT2D eigenvalue weighted by Crippen LogP contribution is -2.12. The zero-order valence-corrected chi connectivity index (χ0v) is 13.7. The summed E-state index contributed by atoms with van der Waals surface area (Å²) in [6.07, 6.45) is 1.41. The summed E-state index contributed by atoms with van der Waals surface area (Å²) in [5, 5.41) is 6.16. The molecule has 0 atom stereocenters. The van der Waals surface area contributed by atoms with Crippen molar-refractivity contribution in [1.82, 2.24) is 9.97 Å². The number of methoxy groups -OCH3 is 1. The zero-order chi connectivity index (χ0) is 17.4. The van der Waals surface area contributed by atoms with Crippen LogP contribution in [0.2, 0.25) is 0 Å². The number of carbonyl (C=O) groups excluding carboxylic acids is 1. The van der Waals surface area contributed by atoms with Crippen molar-refractivity contribution >= 4 is 29.0 Å². The molecular formula is C16H21N5O3. The number of nitrogens with zero attached hydrogens (tertiary/aromatic N) is 2. The van der Waals surface area contributed by atoms with Crippen LogP contribution < -0.4 is 16.4 Å². The van der Waals surface area contributed by atoms with Gasteiger partial charge in [-0.25, -0.2) is 14.8 Å². The van der Waals surface area contributed by atoms with Crippen LogP contribution in [0, 0.1) is 0 Å². The van der Waals surface area contributed by atoms with E-state index in [0.717, 1.165) is 0 Å². The van der Waals surface area contributed by atoms with Gasteiger partial charge in [-0.05, 0) is 25.1 Å². The Morgan fingerprint density at radius 3 is 2.83 bits per heavy atom. The highest BCUT2D eigenvalue weighted by Crippen LogP contribution is 2.26. The van der Waals surface area contributed by atoms with Crippen molar-refractivity contribution in [3.8, 4) is 0 Å². The van der Waals surface area contributed by atoms with E-state index in [0.29, 0.717) is 48.3 Å². The molecule has 0 fully saturated rings. The molecule has 128 valence electrons. The summed E-state index contributed by atoms with van der Waals surface area (Å²) < 4.78 is 9.97. The van der Waals surface area contributed by atoms with Gasteiger partial charge < -0.3 is 25.8 Å². The highest BCUT2D eigenvalue weighted by molar-refractivity contribution is 5.91. The molecule has 0 aliphatic heterocycles. The molecule has 1 heterocycles. The monoisotopic (exact) mass is 331 g/mol. The van der Waals surface area contributed by atoms with Crippen LogP contribution >= 0.6 is 0 Å². The van der Waals surface area contributed by atoms with E-state index in [1.54, 1.807) is 32.2 Å². The quantitative estimate of drug-likeness (QED) is 0.498. The third-order valence-electron chi connectivity index (χ3n) is 3.12. The number of nitrogens with two attached hydrogens (primary N) is 1. The van der Waals surface area contributed by atoms with Crippen LogP contribution in [0.4, 0.5) is 23.0 Å². The van der Waals surface area contributed by atoms with Crippen LogP contribution in [0.25, 0.3) is 0 Å². The van der Waals surface area contributed by atoms with E-state index in [1.165, 1.54) is 6.33 Å². The fraction of sp³-hybridized carbons (Fsp3) is 0.312. The number of nitrogen functional groups attached to an aromatic ring is 1. The minimum absolute atomic E-state index is 0.325. The van der Waals surface area contributed by atoms with Crippen LogP contribution in [-0.2, 0) is 9.47 Å². The van der Waals surface area contributed by atoms with Gasteiger partial charge in [0.15, 0.2) is 11.6 Å². The maximum absolute atomic E-state index is 11.8. The molecular weight excluding hydrogens is 310 g/mol. The number of aromatic nitrogens is 2. The smallest absolute Gasteiger partial charge is 0.338 e. The molecule has 0 saturated heterocycles. The fourth-order valence-electron chi connectivity index (χ4n) is 1.98. The molecule has 4 N–H and O–H groups in total. The molecule has 8 nitrogen and oxygen atoms in total. The number of rotatable bonds is 8. The van der Waals surface area contributed by atoms with Gasteiger partial charge in [-0.2, -0.15) is 0 Å². The Bertz CT molecular complexity index is 693. The first-order valence-corrected chi connectivity index (χ1v) is 7.53. The van der Waals surface area contributed by atoms with Crippen LogP contribution in [0.3, 0.4) is 0 Å². The number of hydrogen-bond acceptors (Lipinski definition) is 8. The third-order valence-corrected chi connectivity index (χ3v) is 3.12. The van der Waals surface area contributed by atoms with Gasteiger partial charge in [0.25, 0.3) is 0 Å². The SMILES string of the molecule is CCOC(=O)c1cccc(Nc2ncnc(NCCOC)c2N)c1. The molecule has 8 heteroatoms. The van der Waals surface area contributed by atoms with Gasteiger partial charge in [0.2, 0.25) is 0 Å². The van der Waals surface area contributed by atoms with Gasteiger partial charge in [-0.3, -0.25) is 0 Å². The molecule has 0 amide bonds. The summed E-state index contributed by atoms with van der Waals surface area (Å²) in [5.41, 5.74) is 7.59. The molecule has 24 heavy (non-hydrogen) atoms. The number of ether oxygens (including phenoxy) is 2. The van der Waals surface area contributed by atoms with Gasteiger partial charge in [-0.15, -0.1) is 0 Å². The summed E-state index contributed by atoms with van der Waals surface area (Å²) in [6.45, 7) is 3.20. The lowest BCUT2D eigenvalue weighted by atomic mass is 10.2. The predicted molar refractivity (Wildman–Crippen MR) is 92.5 cm³/mol. The van der Waals surface area contributed by atoms with Gasteiger partial charge in [0, 0.05) is 19.3 Å². The summed E-state index contributed by atoms with van der Waals surface area (Å²) in [5.74, 6) is 0.593. The second-order valence-electron chi connectivity index (χ2n) is 4.83. The van der Waals surface area contributed by atoms with Crippen molar-refractivity contribution in [2.24, 2.45) is 0 Å². The van der Waals surface area contributed by atoms with Gasteiger partial charge >= 0.3 is 5.97 Å². The van der Waals surface area contributed by atoms with Gasteiger partial charge in [0.05, 0.1) is 18.8 Å². The standard InChI is InChI=1S/C16H21N5O3/c1-3-24-16(22)11-5-4-6-12(9-11)21-15-13(17)14(19-10-20-15)18-7-8-23-2/h4-6,9-10H,3,7-8,17H2,1-2H3,(H2,18,19,20,21). The van der Waals surface area contributed by atoms with E-state index in [4.69, 9.17) is 15.2 Å². The number of hydrogen-bond donors (Lipinski definition) is 3. The summed E-state index contributed by atoms with van der Waals surface area (Å²) in [6, 6.07) is 6.92. The Balaban J connectivity index is 2.15. The third kappa shape index (κ3) is 4.56. The average molecular weight is 331 g/mol. The molecule has 0 bridgehead atoms. The average Bonchev–Trinajstić information content (AvgIpc) is 2.59. The van der Waals surface area contributed by atoms with Gasteiger partial charge in [-0.1, -0.05) is 6.07 Å². The molecule has 0 radical (unpaired) electrons. The second-order valence-corrected chi connectivity index (χ2v) is 4.83. The molecule has 1 aromatic carbocycles. The Hall–Kier alpha value is -2.87. The lowest BCUT2D eigenvalue weighted by molar-refractivity contribution is 0.0526. The van der Waals surface area contributed by atoms with Crippen molar-refractivity contribution in [3.63, 3.8) is 0 Å². The first-order chi connectivity index (χ1) is 11.7. The van der Waals surface area contributed by atoms with E-state index in [9.17, 15) is 4.79 Å². The molecule has 0 aliphatic carbocycles. The number of esters is 1. The van der Waals surface area contributed by atoms with E-state index in [2.05, 4.69) is 20.6 Å². The van der Waals surface area contributed by atoms with E-state index >= 15 is 0 Å². The van der Waals surface area contributed by atoms with Crippen LogP contribution in [0.15, 0.2) is 30.6 Å². The Morgan fingerprint density at radius 1 is 1.29 bits per heavy atom. The van der Waals surface area contributed by atoms with Crippen LogP contribution in [0.1, 0.15) is 17.3 Å². The Labute approximate surface area is 140 Å². The Morgan fingerprint density at radius 2 is 2.08 bits per heavy atom. The maximum atomic E-state index is 11.8. The predicted octanol–water partition coefficient (Wildman–Crippen LogP) is 2.04. The molecule has 2 aromatic rings. The number of benzene rings is 1. The first-order valence-electron chi connectivity index (χ1n) is 7.53. The zero-order valence-electron chi connectivity index (χ0n) is 13.7. The lowest BCUT2D eigenvalue weighted by Gasteiger charge is -2.12. The Kier molecular flexibility index (Phi) is 6.32. The molecule has 0 unspecified atom stereocenters. The molecule has 0 aliphatic rings. The molecule has 1 aromatic heterocycles. The topological polar surface area (TPSA) is 111 Å². The number of nitrogens with one attached hydrogen (secondary N) is 2. The molecule has 0 saturated carbocycles. The highest BCUT2D eigenvalue weighted by Gasteiger charge is 2.10. The van der Waals surface area contributed by atoms with Crippen molar-refractivity contribution in [1.29, 1.82) is 0 Å². The largest absolute Gasteiger partial charge is 0.462 e. The number of carbonyl (C=O) groups is 1. The summed E-state index contributed by atoms with van der Waals surface area (Å²) in [7, 11) is 1.62. The first kappa shape index (κ1) is 17.5.